The SMILES string of the molecule is CCC(C)COc1ccc2c(c1)C#Cc1ccc(OCCOCCOCCOC)cc1C#Cc1ccc(OCCOCCOCCOC)cc1C#C2. The fourth-order valence-corrected chi connectivity index (χ4v) is 4.60. The smallest absolute Gasteiger partial charge is 0.120 e. The third-order valence-electron chi connectivity index (χ3n) is 7.80. The number of rotatable bonds is 24. The summed E-state index contributed by atoms with van der Waals surface area (Å²) >= 11 is 0. The lowest BCUT2D eigenvalue weighted by Crippen LogP contribution is -2.12. The van der Waals surface area contributed by atoms with Crippen LogP contribution in [0.1, 0.15) is 53.6 Å². The zero-order chi connectivity index (χ0) is 36.6. The van der Waals surface area contributed by atoms with Crippen LogP contribution < -0.4 is 14.2 Å². The zero-order valence-electron chi connectivity index (χ0n) is 30.8. The molecule has 0 fully saturated rings. The first-order chi connectivity index (χ1) is 25.6. The van der Waals surface area contributed by atoms with Gasteiger partial charge in [0.05, 0.1) is 72.7 Å². The molecule has 3 aromatic rings. The molecule has 1 unspecified atom stereocenters. The van der Waals surface area contributed by atoms with Crippen molar-refractivity contribution in [3.05, 3.63) is 88.0 Å². The Morgan fingerprint density at radius 3 is 1.12 bits per heavy atom. The topological polar surface area (TPSA) is 83.1 Å². The Hall–Kier alpha value is -4.50. The van der Waals surface area contributed by atoms with Gasteiger partial charge in [-0.25, -0.2) is 0 Å². The van der Waals surface area contributed by atoms with Crippen LogP contribution in [0.2, 0.25) is 0 Å². The summed E-state index contributed by atoms with van der Waals surface area (Å²) < 4.78 is 50.2. The predicted octanol–water partition coefficient (Wildman–Crippen LogP) is 5.74. The van der Waals surface area contributed by atoms with E-state index >= 15 is 0 Å². The molecule has 1 atom stereocenters. The minimum Gasteiger partial charge on any atom is -0.493 e. The van der Waals surface area contributed by atoms with Crippen molar-refractivity contribution in [3.8, 4) is 52.8 Å². The molecule has 1 aliphatic rings. The highest BCUT2D eigenvalue weighted by molar-refractivity contribution is 5.63. The third-order valence-corrected chi connectivity index (χ3v) is 7.80. The zero-order valence-corrected chi connectivity index (χ0v) is 30.8. The Bertz CT molecular complexity index is 1690. The van der Waals surface area contributed by atoms with Gasteiger partial charge in [-0.05, 0) is 60.5 Å². The fourth-order valence-electron chi connectivity index (χ4n) is 4.60. The van der Waals surface area contributed by atoms with E-state index in [0.29, 0.717) is 103 Å². The van der Waals surface area contributed by atoms with Crippen LogP contribution in [0.3, 0.4) is 0 Å². The number of ether oxygens (including phenoxy) is 9. The number of fused-ring (bicyclic) bond motifs is 3. The summed E-state index contributed by atoms with van der Waals surface area (Å²) in [7, 11) is 3.29. The molecule has 52 heavy (non-hydrogen) atoms. The predicted molar refractivity (Wildman–Crippen MR) is 200 cm³/mol. The standard InChI is InChI=1S/C43H50O9/c1-5-34(2)33-52-43-17-14-37-7-10-39-31-41(50-28-26-48-24-22-46-20-18-44-3)15-12-35(39)6-9-38-30-42(16-13-36(38)8-11-40(37)32-43)51-29-27-49-25-23-47-21-19-45-4/h12-17,30-32,34H,5,18-29,33H2,1-4H3. The van der Waals surface area contributed by atoms with E-state index < -0.39 is 0 Å². The van der Waals surface area contributed by atoms with Crippen molar-refractivity contribution in [2.45, 2.75) is 20.3 Å². The van der Waals surface area contributed by atoms with E-state index in [0.717, 1.165) is 45.6 Å². The first-order valence-corrected chi connectivity index (χ1v) is 17.7. The quantitative estimate of drug-likeness (QED) is 0.0668. The molecule has 0 heterocycles. The van der Waals surface area contributed by atoms with Crippen LogP contribution in [0.4, 0.5) is 0 Å². The Morgan fingerprint density at radius 1 is 0.423 bits per heavy atom. The van der Waals surface area contributed by atoms with Gasteiger partial charge < -0.3 is 42.6 Å². The van der Waals surface area contributed by atoms with Crippen LogP contribution in [-0.4, -0.2) is 100 Å². The average Bonchev–Trinajstić information content (AvgIpc) is 3.16. The summed E-state index contributed by atoms with van der Waals surface area (Å²) in [5.74, 6) is 22.5. The first-order valence-electron chi connectivity index (χ1n) is 17.7. The normalized spacial score (nSPS) is 11.8. The van der Waals surface area contributed by atoms with Crippen molar-refractivity contribution >= 4 is 0 Å². The lowest BCUT2D eigenvalue weighted by molar-refractivity contribution is 0.0180. The molecular weight excluding hydrogens is 660 g/mol. The van der Waals surface area contributed by atoms with Gasteiger partial charge in [0.15, 0.2) is 0 Å². The minimum atomic E-state index is 0.386. The van der Waals surface area contributed by atoms with Crippen molar-refractivity contribution in [3.63, 3.8) is 0 Å². The third kappa shape index (κ3) is 14.6. The molecule has 0 radical (unpaired) electrons. The summed E-state index contributed by atoms with van der Waals surface area (Å²) in [6.45, 7) is 10.8. The van der Waals surface area contributed by atoms with Crippen molar-refractivity contribution in [1.82, 2.24) is 0 Å². The summed E-state index contributed by atoms with van der Waals surface area (Å²) in [6, 6.07) is 17.3. The van der Waals surface area contributed by atoms with Gasteiger partial charge in [-0.3, -0.25) is 0 Å². The highest BCUT2D eigenvalue weighted by Gasteiger charge is 2.08. The Balaban J connectivity index is 1.53. The van der Waals surface area contributed by atoms with Crippen molar-refractivity contribution in [2.75, 3.05) is 100 Å². The van der Waals surface area contributed by atoms with E-state index in [9.17, 15) is 0 Å². The van der Waals surface area contributed by atoms with E-state index in [1.165, 1.54) is 0 Å². The lowest BCUT2D eigenvalue weighted by atomic mass is 10.0. The van der Waals surface area contributed by atoms with Crippen LogP contribution in [0, 0.1) is 41.4 Å². The molecule has 0 N–H and O–H groups in total. The summed E-state index contributed by atoms with van der Waals surface area (Å²) in [6.07, 6.45) is 1.04. The van der Waals surface area contributed by atoms with Gasteiger partial charge in [-0.2, -0.15) is 0 Å². The number of methoxy groups -OCH3 is 2. The molecule has 0 aliphatic heterocycles. The van der Waals surface area contributed by atoms with Gasteiger partial charge >= 0.3 is 0 Å². The Labute approximate surface area is 309 Å². The molecule has 9 nitrogen and oxygen atoms in total. The average molecular weight is 711 g/mol. The van der Waals surface area contributed by atoms with Gasteiger partial charge in [0.25, 0.3) is 0 Å². The van der Waals surface area contributed by atoms with E-state index in [2.05, 4.69) is 49.4 Å². The second kappa shape index (κ2) is 23.9. The molecule has 0 spiro atoms. The van der Waals surface area contributed by atoms with Gasteiger partial charge in [0.2, 0.25) is 0 Å². The Morgan fingerprint density at radius 2 is 0.750 bits per heavy atom. The number of hydrogen-bond acceptors (Lipinski definition) is 9. The highest BCUT2D eigenvalue weighted by Crippen LogP contribution is 2.23. The van der Waals surface area contributed by atoms with Gasteiger partial charge in [0, 0.05) is 47.6 Å². The molecule has 3 aromatic carbocycles. The monoisotopic (exact) mass is 710 g/mol. The van der Waals surface area contributed by atoms with E-state index in [1.54, 1.807) is 14.2 Å². The molecule has 0 bridgehead atoms. The van der Waals surface area contributed by atoms with Crippen LogP contribution in [0.25, 0.3) is 0 Å². The molecule has 0 saturated heterocycles. The van der Waals surface area contributed by atoms with Crippen molar-refractivity contribution < 1.29 is 42.6 Å². The maximum absolute atomic E-state index is 6.11. The lowest BCUT2D eigenvalue weighted by Gasteiger charge is -2.12. The molecule has 1 aliphatic carbocycles. The molecule has 0 amide bonds. The van der Waals surface area contributed by atoms with Gasteiger partial charge in [-0.15, -0.1) is 0 Å². The number of hydrogen-bond donors (Lipinski definition) is 0. The molecule has 9 heteroatoms. The van der Waals surface area contributed by atoms with Crippen molar-refractivity contribution in [2.24, 2.45) is 5.92 Å². The Kier molecular flexibility index (Phi) is 18.5. The first kappa shape index (κ1) is 40.3. The minimum absolute atomic E-state index is 0.386. The van der Waals surface area contributed by atoms with Crippen LogP contribution in [0.5, 0.6) is 17.2 Å². The molecule has 4 rings (SSSR count). The molecule has 0 aromatic heterocycles. The van der Waals surface area contributed by atoms with Gasteiger partial charge in [0.1, 0.15) is 30.5 Å². The van der Waals surface area contributed by atoms with Crippen LogP contribution >= 0.6 is 0 Å². The second-order valence-electron chi connectivity index (χ2n) is 11.8. The highest BCUT2D eigenvalue weighted by atomic mass is 16.6. The van der Waals surface area contributed by atoms with Crippen molar-refractivity contribution in [1.29, 1.82) is 0 Å². The largest absolute Gasteiger partial charge is 0.493 e. The second-order valence-corrected chi connectivity index (χ2v) is 11.8. The van der Waals surface area contributed by atoms with Crippen LogP contribution in [0.15, 0.2) is 54.6 Å². The molecule has 0 saturated carbocycles. The fraction of sp³-hybridized carbons (Fsp3) is 0.442. The maximum atomic E-state index is 6.11. The summed E-state index contributed by atoms with van der Waals surface area (Å²) in [5, 5.41) is 0. The van der Waals surface area contributed by atoms with Gasteiger partial charge in [-0.1, -0.05) is 55.8 Å². The van der Waals surface area contributed by atoms with E-state index in [-0.39, 0.29) is 0 Å². The maximum Gasteiger partial charge on any atom is 0.120 e. The van der Waals surface area contributed by atoms with Crippen LogP contribution in [-0.2, 0) is 28.4 Å². The summed E-state index contributed by atoms with van der Waals surface area (Å²) in [4.78, 5) is 0. The number of benzene rings is 3. The molecular formula is C43H50O9. The van der Waals surface area contributed by atoms with E-state index in [4.69, 9.17) is 42.6 Å². The molecule has 276 valence electrons. The van der Waals surface area contributed by atoms with E-state index in [1.807, 2.05) is 54.6 Å². The summed E-state index contributed by atoms with van der Waals surface area (Å²) in [5.41, 5.74) is 4.60.